The highest BCUT2D eigenvalue weighted by Crippen LogP contribution is 2.38. The van der Waals surface area contributed by atoms with Gasteiger partial charge in [0.25, 0.3) is 0 Å². The van der Waals surface area contributed by atoms with Gasteiger partial charge < -0.3 is 10.1 Å². The van der Waals surface area contributed by atoms with Gasteiger partial charge in [0.05, 0.1) is 13.7 Å². The molecule has 0 saturated carbocycles. The first-order valence-electron chi connectivity index (χ1n) is 5.33. The number of hydrogen-bond acceptors (Lipinski definition) is 3. The molecule has 15 heavy (non-hydrogen) atoms. The minimum Gasteiger partial charge on any atom is -0.497 e. The van der Waals surface area contributed by atoms with E-state index in [-0.39, 0.29) is 0 Å². The van der Waals surface area contributed by atoms with Crippen LogP contribution in [0.25, 0.3) is 0 Å². The van der Waals surface area contributed by atoms with E-state index in [9.17, 15) is 0 Å². The van der Waals surface area contributed by atoms with E-state index in [1.807, 2.05) is 6.07 Å². The molecule has 2 aliphatic rings. The van der Waals surface area contributed by atoms with Crippen molar-refractivity contribution < 1.29 is 4.74 Å². The molecular weight excluding hydrogens is 188 g/mol. The zero-order chi connectivity index (χ0) is 10.3. The first-order valence-corrected chi connectivity index (χ1v) is 5.33. The van der Waals surface area contributed by atoms with Gasteiger partial charge in [0.2, 0.25) is 0 Å². The van der Waals surface area contributed by atoms with Crippen LogP contribution in [0.1, 0.15) is 17.0 Å². The summed E-state index contributed by atoms with van der Waals surface area (Å²) in [5.41, 5.74) is 2.81. The fraction of sp³-hybridized carbons (Fsp3) is 0.417. The van der Waals surface area contributed by atoms with Gasteiger partial charge in [0.15, 0.2) is 0 Å². The Morgan fingerprint density at radius 2 is 2.40 bits per heavy atom. The molecule has 1 heterocycles. The highest BCUT2D eigenvalue weighted by Gasteiger charge is 2.31. The molecule has 0 spiro atoms. The smallest absolute Gasteiger partial charge is 0.119 e. The van der Waals surface area contributed by atoms with E-state index in [1.54, 1.807) is 7.11 Å². The van der Waals surface area contributed by atoms with Crippen LogP contribution in [0.4, 0.5) is 0 Å². The maximum absolute atomic E-state index is 5.20. The van der Waals surface area contributed by atoms with Crippen LogP contribution < -0.4 is 10.1 Å². The lowest BCUT2D eigenvalue weighted by atomic mass is 9.76. The summed E-state index contributed by atoms with van der Waals surface area (Å²) in [6, 6.07) is 6.31. The summed E-state index contributed by atoms with van der Waals surface area (Å²) in [6.07, 6.45) is 1.10. The van der Waals surface area contributed by atoms with Gasteiger partial charge in [-0.05, 0) is 29.7 Å². The van der Waals surface area contributed by atoms with E-state index in [4.69, 9.17) is 4.74 Å². The second-order valence-corrected chi connectivity index (χ2v) is 4.02. The van der Waals surface area contributed by atoms with Crippen molar-refractivity contribution in [1.82, 2.24) is 5.32 Å². The number of aliphatic imine (C=N–C) groups is 1. The van der Waals surface area contributed by atoms with Gasteiger partial charge in [-0.25, -0.2) is 0 Å². The Kier molecular flexibility index (Phi) is 1.91. The van der Waals surface area contributed by atoms with E-state index in [2.05, 4.69) is 22.4 Å². The number of rotatable bonds is 2. The third kappa shape index (κ3) is 1.30. The first kappa shape index (κ1) is 8.77. The Morgan fingerprint density at radius 3 is 3.07 bits per heavy atom. The number of fused-ring (bicyclic) bond motifs is 1. The molecule has 1 aromatic carbocycles. The second-order valence-electron chi connectivity index (χ2n) is 4.02. The lowest BCUT2D eigenvalue weighted by molar-refractivity contribution is 0.413. The van der Waals surface area contributed by atoms with E-state index >= 15 is 0 Å². The minimum absolute atomic E-state index is 0.508. The van der Waals surface area contributed by atoms with E-state index < -0.39 is 0 Å². The van der Waals surface area contributed by atoms with Crippen molar-refractivity contribution in [3.8, 4) is 5.75 Å². The van der Waals surface area contributed by atoms with Gasteiger partial charge in [0, 0.05) is 12.5 Å². The summed E-state index contributed by atoms with van der Waals surface area (Å²) in [6.45, 7) is 1.93. The Labute approximate surface area is 89.2 Å². The third-order valence-electron chi connectivity index (χ3n) is 3.18. The van der Waals surface area contributed by atoms with Crippen molar-refractivity contribution >= 4 is 5.84 Å². The standard InChI is InChI=1S/C12H14N2O/c1-15-9-2-3-10-8(6-9)7-11(10)12-13-4-5-14-12/h2-3,6,11H,4-5,7H2,1H3,(H,13,14). The zero-order valence-corrected chi connectivity index (χ0v) is 8.79. The van der Waals surface area contributed by atoms with Crippen LogP contribution in [-0.4, -0.2) is 26.0 Å². The summed E-state index contributed by atoms with van der Waals surface area (Å²) in [5.74, 6) is 2.63. The van der Waals surface area contributed by atoms with Gasteiger partial charge >= 0.3 is 0 Å². The summed E-state index contributed by atoms with van der Waals surface area (Å²) >= 11 is 0. The molecule has 1 aliphatic heterocycles. The molecule has 78 valence electrons. The average Bonchev–Trinajstić information content (AvgIpc) is 2.73. The van der Waals surface area contributed by atoms with Crippen molar-refractivity contribution in [1.29, 1.82) is 0 Å². The van der Waals surface area contributed by atoms with E-state index in [1.165, 1.54) is 17.0 Å². The van der Waals surface area contributed by atoms with Gasteiger partial charge in [-0.3, -0.25) is 4.99 Å². The molecule has 1 N–H and O–H groups in total. The van der Waals surface area contributed by atoms with Crippen molar-refractivity contribution in [2.24, 2.45) is 4.99 Å². The van der Waals surface area contributed by atoms with E-state index in [0.717, 1.165) is 25.3 Å². The van der Waals surface area contributed by atoms with Crippen molar-refractivity contribution in [2.45, 2.75) is 12.3 Å². The third-order valence-corrected chi connectivity index (χ3v) is 3.18. The summed E-state index contributed by atoms with van der Waals surface area (Å²) in [4.78, 5) is 4.47. The molecule has 3 heteroatoms. The molecule has 3 rings (SSSR count). The first-order chi connectivity index (χ1) is 7.38. The average molecular weight is 202 g/mol. The van der Waals surface area contributed by atoms with Crippen LogP contribution in [0.3, 0.4) is 0 Å². The van der Waals surface area contributed by atoms with E-state index in [0.29, 0.717) is 5.92 Å². The topological polar surface area (TPSA) is 33.6 Å². The predicted molar refractivity (Wildman–Crippen MR) is 59.7 cm³/mol. The fourth-order valence-corrected chi connectivity index (χ4v) is 2.32. The van der Waals surface area contributed by atoms with Crippen LogP contribution in [-0.2, 0) is 6.42 Å². The predicted octanol–water partition coefficient (Wildman–Crippen LogP) is 1.34. The molecule has 0 fully saturated rings. The Hall–Kier alpha value is -1.51. The van der Waals surface area contributed by atoms with Gasteiger partial charge in [-0.15, -0.1) is 0 Å². The Balaban J connectivity index is 1.87. The Morgan fingerprint density at radius 1 is 1.47 bits per heavy atom. The molecule has 3 nitrogen and oxygen atoms in total. The second kappa shape index (κ2) is 3.26. The van der Waals surface area contributed by atoms with Crippen LogP contribution in [0.5, 0.6) is 5.75 Å². The van der Waals surface area contributed by atoms with Crippen LogP contribution in [0, 0.1) is 0 Å². The fourth-order valence-electron chi connectivity index (χ4n) is 2.32. The number of hydrogen-bond donors (Lipinski definition) is 1. The maximum Gasteiger partial charge on any atom is 0.119 e. The molecule has 1 unspecified atom stereocenters. The normalized spacial score (nSPS) is 22.5. The zero-order valence-electron chi connectivity index (χ0n) is 8.79. The van der Waals surface area contributed by atoms with Crippen molar-refractivity contribution in [3.63, 3.8) is 0 Å². The van der Waals surface area contributed by atoms with Crippen LogP contribution >= 0.6 is 0 Å². The van der Waals surface area contributed by atoms with Gasteiger partial charge in [-0.2, -0.15) is 0 Å². The van der Waals surface area contributed by atoms with Crippen LogP contribution in [0.15, 0.2) is 23.2 Å². The quantitative estimate of drug-likeness (QED) is 0.785. The van der Waals surface area contributed by atoms with Gasteiger partial charge in [0.1, 0.15) is 11.6 Å². The summed E-state index contributed by atoms with van der Waals surface area (Å²) in [7, 11) is 1.71. The number of nitrogens with one attached hydrogen (secondary N) is 1. The molecule has 0 bridgehead atoms. The van der Waals surface area contributed by atoms with Gasteiger partial charge in [-0.1, -0.05) is 6.07 Å². The molecule has 1 aliphatic carbocycles. The molecule has 0 radical (unpaired) electrons. The number of amidine groups is 1. The monoisotopic (exact) mass is 202 g/mol. The molecule has 1 aromatic rings. The Bertz CT molecular complexity index is 426. The van der Waals surface area contributed by atoms with Crippen LogP contribution in [0.2, 0.25) is 0 Å². The molecule has 1 atom stereocenters. The molecule has 0 saturated heterocycles. The molecular formula is C12H14N2O. The summed E-state index contributed by atoms with van der Waals surface area (Å²) in [5, 5.41) is 3.35. The summed E-state index contributed by atoms with van der Waals surface area (Å²) < 4.78 is 5.20. The molecule has 0 amide bonds. The lowest BCUT2D eigenvalue weighted by Gasteiger charge is -2.30. The van der Waals surface area contributed by atoms with Crippen molar-refractivity contribution in [3.05, 3.63) is 29.3 Å². The minimum atomic E-state index is 0.508. The number of ether oxygens (including phenoxy) is 1. The SMILES string of the molecule is COc1ccc2c(c1)CC2C1=NCCN1. The number of benzene rings is 1. The number of nitrogens with zero attached hydrogens (tertiary/aromatic N) is 1. The lowest BCUT2D eigenvalue weighted by Crippen LogP contribution is -2.32. The highest BCUT2D eigenvalue weighted by atomic mass is 16.5. The largest absolute Gasteiger partial charge is 0.497 e. The number of methoxy groups -OCH3 is 1. The highest BCUT2D eigenvalue weighted by molar-refractivity contribution is 5.92. The maximum atomic E-state index is 5.20. The van der Waals surface area contributed by atoms with Crippen molar-refractivity contribution in [2.75, 3.05) is 20.2 Å². The molecule has 0 aromatic heterocycles.